The molecule has 2 aromatic rings. The van der Waals surface area contributed by atoms with E-state index in [9.17, 15) is 9.59 Å². The van der Waals surface area contributed by atoms with Crippen LogP contribution < -0.4 is 11.0 Å². The third-order valence-electron chi connectivity index (χ3n) is 5.10. The molecule has 0 spiro atoms. The number of rotatable bonds is 4. The molecule has 0 saturated carbocycles. The van der Waals surface area contributed by atoms with E-state index in [1.807, 2.05) is 0 Å². The van der Waals surface area contributed by atoms with Crippen LogP contribution >= 0.6 is 11.3 Å². The summed E-state index contributed by atoms with van der Waals surface area (Å²) in [5.74, 6) is 0.659. The van der Waals surface area contributed by atoms with Crippen molar-refractivity contribution in [1.29, 1.82) is 0 Å². The summed E-state index contributed by atoms with van der Waals surface area (Å²) in [6.07, 6.45) is 6.97. The average Bonchev–Trinajstić information content (AvgIpc) is 3.15. The molecule has 2 aliphatic rings. The minimum absolute atomic E-state index is 0.0303. The van der Waals surface area contributed by atoms with Gasteiger partial charge >= 0.3 is 5.69 Å². The molecule has 0 radical (unpaired) electrons. The fourth-order valence-electron chi connectivity index (χ4n) is 3.70. The van der Waals surface area contributed by atoms with Crippen molar-refractivity contribution < 1.29 is 4.79 Å². The SMILES string of the molecule is Cn1nc2n(c1=O)CC(C(=O)NCCc1nc3c(s1)CCCC3)CC2. The Morgan fingerprint density at radius 1 is 1.32 bits per heavy atom. The topological polar surface area (TPSA) is 81.8 Å². The molecule has 3 heterocycles. The fourth-order valence-corrected chi connectivity index (χ4v) is 4.86. The first-order chi connectivity index (χ1) is 12.1. The Morgan fingerprint density at radius 2 is 2.16 bits per heavy atom. The van der Waals surface area contributed by atoms with Gasteiger partial charge in [0.25, 0.3) is 0 Å². The Balaban J connectivity index is 1.31. The molecular formula is C17H23N5O2S. The van der Waals surface area contributed by atoms with Crippen LogP contribution in [-0.2, 0) is 44.1 Å². The molecule has 7 nitrogen and oxygen atoms in total. The van der Waals surface area contributed by atoms with E-state index in [1.165, 1.54) is 28.1 Å². The van der Waals surface area contributed by atoms with Gasteiger partial charge in [-0.3, -0.25) is 9.36 Å². The van der Waals surface area contributed by atoms with Crippen molar-refractivity contribution in [2.45, 2.75) is 51.5 Å². The summed E-state index contributed by atoms with van der Waals surface area (Å²) >= 11 is 1.80. The minimum Gasteiger partial charge on any atom is -0.355 e. The number of nitrogens with zero attached hydrogens (tertiary/aromatic N) is 4. The van der Waals surface area contributed by atoms with Crippen molar-refractivity contribution in [2.75, 3.05) is 6.54 Å². The summed E-state index contributed by atoms with van der Waals surface area (Å²) in [6, 6.07) is 0. The number of carbonyl (C=O) groups is 1. The molecule has 0 fully saturated rings. The summed E-state index contributed by atoms with van der Waals surface area (Å²) in [5, 5.41) is 8.36. The van der Waals surface area contributed by atoms with Gasteiger partial charge in [-0.15, -0.1) is 11.3 Å². The summed E-state index contributed by atoms with van der Waals surface area (Å²) in [7, 11) is 1.65. The highest BCUT2D eigenvalue weighted by Gasteiger charge is 2.27. The molecule has 8 heteroatoms. The van der Waals surface area contributed by atoms with Crippen LogP contribution in [0.2, 0.25) is 0 Å². The van der Waals surface area contributed by atoms with Crippen LogP contribution in [0.5, 0.6) is 0 Å². The number of aromatic nitrogens is 4. The molecule has 0 bridgehead atoms. The molecule has 4 rings (SSSR count). The number of nitrogens with one attached hydrogen (secondary N) is 1. The van der Waals surface area contributed by atoms with Gasteiger partial charge in [0.05, 0.1) is 16.6 Å². The molecule has 134 valence electrons. The van der Waals surface area contributed by atoms with Crippen LogP contribution in [-0.4, -0.2) is 31.8 Å². The average molecular weight is 361 g/mol. The van der Waals surface area contributed by atoms with Crippen molar-refractivity contribution in [3.63, 3.8) is 0 Å². The van der Waals surface area contributed by atoms with Gasteiger partial charge in [0.1, 0.15) is 5.82 Å². The maximum atomic E-state index is 12.4. The van der Waals surface area contributed by atoms with Gasteiger partial charge in [0.15, 0.2) is 0 Å². The molecule has 1 unspecified atom stereocenters. The van der Waals surface area contributed by atoms with Gasteiger partial charge in [-0.1, -0.05) is 0 Å². The maximum Gasteiger partial charge on any atom is 0.345 e. The van der Waals surface area contributed by atoms with Crippen LogP contribution in [0.3, 0.4) is 0 Å². The molecule has 1 aliphatic carbocycles. The van der Waals surface area contributed by atoms with Crippen LogP contribution in [0.15, 0.2) is 4.79 Å². The van der Waals surface area contributed by atoms with Gasteiger partial charge in [-0.05, 0) is 32.1 Å². The Hall–Kier alpha value is -1.96. The van der Waals surface area contributed by atoms with Crippen LogP contribution in [0.1, 0.15) is 40.7 Å². The molecular weight excluding hydrogens is 338 g/mol. The van der Waals surface area contributed by atoms with E-state index in [2.05, 4.69) is 10.4 Å². The van der Waals surface area contributed by atoms with Crippen molar-refractivity contribution in [1.82, 2.24) is 24.6 Å². The second-order valence-electron chi connectivity index (χ2n) is 6.89. The van der Waals surface area contributed by atoms with Crippen LogP contribution in [0, 0.1) is 5.92 Å². The lowest BCUT2D eigenvalue weighted by Gasteiger charge is -2.21. The van der Waals surface area contributed by atoms with Gasteiger partial charge in [-0.2, -0.15) is 5.10 Å². The summed E-state index contributed by atoms with van der Waals surface area (Å²) in [4.78, 5) is 30.6. The first-order valence-corrected chi connectivity index (χ1v) is 9.81. The monoisotopic (exact) mass is 361 g/mol. The molecule has 0 saturated heterocycles. The Bertz CT molecular complexity index is 826. The molecule has 0 aromatic carbocycles. The third kappa shape index (κ3) is 3.27. The van der Waals surface area contributed by atoms with Gasteiger partial charge in [0, 0.05) is 37.9 Å². The fraction of sp³-hybridized carbons (Fsp3) is 0.647. The predicted molar refractivity (Wildman–Crippen MR) is 94.7 cm³/mol. The van der Waals surface area contributed by atoms with Crippen molar-refractivity contribution in [3.05, 3.63) is 31.9 Å². The first kappa shape index (κ1) is 16.5. The summed E-state index contributed by atoms with van der Waals surface area (Å²) in [6.45, 7) is 1.04. The van der Waals surface area contributed by atoms with Crippen molar-refractivity contribution in [2.24, 2.45) is 13.0 Å². The second kappa shape index (κ2) is 6.74. The number of carbonyl (C=O) groups excluding carboxylic acids is 1. The van der Waals surface area contributed by atoms with Gasteiger partial charge < -0.3 is 5.32 Å². The Morgan fingerprint density at radius 3 is 3.00 bits per heavy atom. The quantitative estimate of drug-likeness (QED) is 0.875. The van der Waals surface area contributed by atoms with Crippen molar-refractivity contribution >= 4 is 17.2 Å². The van der Waals surface area contributed by atoms with E-state index in [0.29, 0.717) is 19.5 Å². The molecule has 1 aliphatic heterocycles. The van der Waals surface area contributed by atoms with Gasteiger partial charge in [-0.25, -0.2) is 14.5 Å². The molecule has 25 heavy (non-hydrogen) atoms. The smallest absolute Gasteiger partial charge is 0.345 e. The zero-order valence-electron chi connectivity index (χ0n) is 14.5. The number of thiazole rings is 1. The minimum atomic E-state index is -0.154. The highest BCUT2D eigenvalue weighted by molar-refractivity contribution is 7.11. The standard InChI is InChI=1S/C17H23N5O2S/c1-21-17(24)22-10-11(6-7-14(22)20-21)16(23)18-9-8-15-19-12-4-2-3-5-13(12)25-15/h11H,2-10H2,1H3,(H,18,23). The van der Waals surface area contributed by atoms with E-state index in [-0.39, 0.29) is 17.5 Å². The highest BCUT2D eigenvalue weighted by atomic mass is 32.1. The lowest BCUT2D eigenvalue weighted by Crippen LogP contribution is -2.39. The maximum absolute atomic E-state index is 12.4. The molecule has 1 N–H and O–H groups in total. The third-order valence-corrected chi connectivity index (χ3v) is 6.32. The second-order valence-corrected chi connectivity index (χ2v) is 8.06. The lowest BCUT2D eigenvalue weighted by atomic mass is 9.98. The number of fused-ring (bicyclic) bond motifs is 2. The number of hydrogen-bond donors (Lipinski definition) is 1. The number of aryl methyl sites for hydroxylation is 4. The Labute approximate surface area is 150 Å². The highest BCUT2D eigenvalue weighted by Crippen LogP contribution is 2.26. The van der Waals surface area contributed by atoms with Crippen LogP contribution in [0.4, 0.5) is 0 Å². The zero-order chi connectivity index (χ0) is 17.4. The molecule has 2 aromatic heterocycles. The lowest BCUT2D eigenvalue weighted by molar-refractivity contribution is -0.125. The Kier molecular flexibility index (Phi) is 4.45. The molecule has 1 amide bonds. The van der Waals surface area contributed by atoms with E-state index in [4.69, 9.17) is 4.98 Å². The summed E-state index contributed by atoms with van der Waals surface area (Å²) < 4.78 is 2.97. The number of amides is 1. The largest absolute Gasteiger partial charge is 0.355 e. The molecule has 1 atom stereocenters. The summed E-state index contributed by atoms with van der Waals surface area (Å²) in [5.41, 5.74) is 1.13. The van der Waals surface area contributed by atoms with E-state index in [1.54, 1.807) is 23.0 Å². The van der Waals surface area contributed by atoms with E-state index >= 15 is 0 Å². The first-order valence-electron chi connectivity index (χ1n) is 8.99. The number of hydrogen-bond acceptors (Lipinski definition) is 5. The zero-order valence-corrected chi connectivity index (χ0v) is 15.3. The predicted octanol–water partition coefficient (Wildman–Crippen LogP) is 0.838. The normalized spacial score (nSPS) is 19.3. The van der Waals surface area contributed by atoms with Crippen molar-refractivity contribution in [3.8, 4) is 0 Å². The van der Waals surface area contributed by atoms with E-state index in [0.717, 1.165) is 36.5 Å². The van der Waals surface area contributed by atoms with E-state index < -0.39 is 0 Å². The van der Waals surface area contributed by atoms with Gasteiger partial charge in [0.2, 0.25) is 5.91 Å². The van der Waals surface area contributed by atoms with Crippen LogP contribution in [0.25, 0.3) is 0 Å².